The summed E-state index contributed by atoms with van der Waals surface area (Å²) in [5, 5.41) is 12.7. The Hall–Kier alpha value is -2.00. The third-order valence-electron chi connectivity index (χ3n) is 2.24. The smallest absolute Gasteiger partial charge is 0.162 e. The number of benzene rings is 1. The maximum Gasteiger partial charge on any atom is 0.162 e. The first kappa shape index (κ1) is 12.1. The summed E-state index contributed by atoms with van der Waals surface area (Å²) in [6.45, 7) is 2.07. The molecule has 5 heteroatoms. The minimum atomic E-state index is -0.00348. The number of Topliss-reactive ketones (excluding diaryl/α,β-unsaturated/α-hetero) is 1. The van der Waals surface area contributed by atoms with Crippen LogP contribution in [0.4, 0.5) is 0 Å². The fourth-order valence-corrected chi connectivity index (χ4v) is 1.33. The van der Waals surface area contributed by atoms with E-state index in [1.807, 2.05) is 0 Å². The molecule has 0 amide bonds. The molecule has 1 aromatic rings. The van der Waals surface area contributed by atoms with E-state index in [4.69, 9.17) is 5.53 Å². The molecule has 16 heavy (non-hydrogen) atoms. The van der Waals surface area contributed by atoms with E-state index in [-0.39, 0.29) is 11.5 Å². The van der Waals surface area contributed by atoms with Crippen molar-refractivity contribution >= 4 is 5.78 Å². The van der Waals surface area contributed by atoms with E-state index in [1.54, 1.807) is 19.1 Å². The lowest BCUT2D eigenvalue weighted by Gasteiger charge is -2.02. The van der Waals surface area contributed by atoms with Gasteiger partial charge in [-0.15, -0.1) is 0 Å². The first-order valence-corrected chi connectivity index (χ1v) is 4.99. The molecule has 1 aromatic carbocycles. The molecule has 0 aromatic heterocycles. The van der Waals surface area contributed by atoms with E-state index in [1.165, 1.54) is 6.07 Å². The first-order chi connectivity index (χ1) is 7.65. The van der Waals surface area contributed by atoms with E-state index in [2.05, 4.69) is 10.0 Å². The van der Waals surface area contributed by atoms with Crippen LogP contribution in [0.25, 0.3) is 10.4 Å². The quantitative estimate of drug-likeness (QED) is 0.271. The van der Waals surface area contributed by atoms with Crippen LogP contribution in [0.1, 0.15) is 28.8 Å². The van der Waals surface area contributed by atoms with Gasteiger partial charge in [0.15, 0.2) is 5.78 Å². The minimum Gasteiger partial charge on any atom is -0.508 e. The molecule has 1 N–H and O–H groups in total. The summed E-state index contributed by atoms with van der Waals surface area (Å²) in [7, 11) is 0. The second kappa shape index (κ2) is 5.78. The molecule has 0 atom stereocenters. The number of hydrogen-bond acceptors (Lipinski definition) is 3. The number of hydrogen-bond donors (Lipinski definition) is 1. The van der Waals surface area contributed by atoms with Gasteiger partial charge < -0.3 is 5.11 Å². The van der Waals surface area contributed by atoms with Crippen LogP contribution in [0.2, 0.25) is 0 Å². The Labute approximate surface area is 93.3 Å². The number of azide groups is 1. The van der Waals surface area contributed by atoms with Gasteiger partial charge in [0.1, 0.15) is 5.75 Å². The normalized spacial score (nSPS) is 9.56. The molecule has 5 nitrogen and oxygen atoms in total. The third kappa shape index (κ3) is 3.29. The number of carbonyl (C=O) groups is 1. The number of nitrogens with zero attached hydrogens (tertiary/aromatic N) is 3. The maximum absolute atomic E-state index is 11.7. The van der Waals surface area contributed by atoms with Gasteiger partial charge in [-0.05, 0) is 42.6 Å². The lowest BCUT2D eigenvalue weighted by atomic mass is 10.0. The van der Waals surface area contributed by atoms with Crippen molar-refractivity contribution in [3.63, 3.8) is 0 Å². The zero-order chi connectivity index (χ0) is 12.0. The van der Waals surface area contributed by atoms with Crippen molar-refractivity contribution in [1.29, 1.82) is 0 Å². The summed E-state index contributed by atoms with van der Waals surface area (Å²) in [4.78, 5) is 14.3. The number of ketones is 1. The van der Waals surface area contributed by atoms with Gasteiger partial charge in [0.25, 0.3) is 0 Å². The summed E-state index contributed by atoms with van der Waals surface area (Å²) in [6, 6.07) is 4.76. The predicted octanol–water partition coefficient (Wildman–Crippen LogP) is 2.97. The summed E-state index contributed by atoms with van der Waals surface area (Å²) >= 11 is 0. The molecule has 0 aliphatic carbocycles. The molecule has 0 aliphatic rings. The highest BCUT2D eigenvalue weighted by molar-refractivity contribution is 5.96. The van der Waals surface area contributed by atoms with Crippen LogP contribution in [0.3, 0.4) is 0 Å². The summed E-state index contributed by atoms with van der Waals surface area (Å²) in [6.07, 6.45) is 0.895. The van der Waals surface area contributed by atoms with Crippen molar-refractivity contribution in [1.82, 2.24) is 0 Å². The van der Waals surface area contributed by atoms with Gasteiger partial charge in [-0.2, -0.15) is 0 Å². The molecule has 1 rings (SSSR count). The van der Waals surface area contributed by atoms with Gasteiger partial charge >= 0.3 is 0 Å². The van der Waals surface area contributed by atoms with Crippen molar-refractivity contribution in [2.45, 2.75) is 19.8 Å². The number of aryl methyl sites for hydroxylation is 1. The molecule has 0 saturated carbocycles. The second-order valence-electron chi connectivity index (χ2n) is 3.48. The standard InChI is InChI=1S/C11H13N3O2/c1-8-7-9(4-5-10(8)15)11(16)3-2-6-13-14-12/h4-5,7,15H,2-3,6H2,1H3. The fraction of sp³-hybridized carbons (Fsp3) is 0.364. The van der Waals surface area contributed by atoms with E-state index in [0.717, 1.165) is 0 Å². The highest BCUT2D eigenvalue weighted by Crippen LogP contribution is 2.18. The topological polar surface area (TPSA) is 86.1 Å². The van der Waals surface area contributed by atoms with Crippen LogP contribution in [-0.4, -0.2) is 17.4 Å². The van der Waals surface area contributed by atoms with Crippen LogP contribution >= 0.6 is 0 Å². The van der Waals surface area contributed by atoms with Crippen molar-refractivity contribution in [2.75, 3.05) is 6.54 Å². The van der Waals surface area contributed by atoms with Crippen molar-refractivity contribution in [3.05, 3.63) is 39.8 Å². The summed E-state index contributed by atoms with van der Waals surface area (Å²) < 4.78 is 0. The Kier molecular flexibility index (Phi) is 4.36. The Morgan fingerprint density at radius 2 is 2.31 bits per heavy atom. The molecule has 0 heterocycles. The average Bonchev–Trinajstić information content (AvgIpc) is 2.28. The Morgan fingerprint density at radius 3 is 2.94 bits per heavy atom. The molecule has 0 bridgehead atoms. The lowest BCUT2D eigenvalue weighted by molar-refractivity contribution is 0.0980. The van der Waals surface area contributed by atoms with Gasteiger partial charge in [0, 0.05) is 23.4 Å². The maximum atomic E-state index is 11.7. The summed E-state index contributed by atoms with van der Waals surface area (Å²) in [5.41, 5.74) is 9.32. The van der Waals surface area contributed by atoms with Crippen LogP contribution in [0, 0.1) is 6.92 Å². The van der Waals surface area contributed by atoms with Crippen LogP contribution in [0.5, 0.6) is 5.75 Å². The highest BCUT2D eigenvalue weighted by atomic mass is 16.3. The molecular weight excluding hydrogens is 206 g/mol. The van der Waals surface area contributed by atoms with E-state index in [9.17, 15) is 9.90 Å². The Morgan fingerprint density at radius 1 is 1.56 bits per heavy atom. The lowest BCUT2D eigenvalue weighted by Crippen LogP contribution is -2.00. The molecule has 0 saturated heterocycles. The van der Waals surface area contributed by atoms with Crippen LogP contribution in [0.15, 0.2) is 23.3 Å². The van der Waals surface area contributed by atoms with E-state index in [0.29, 0.717) is 30.5 Å². The monoisotopic (exact) mass is 219 g/mol. The molecule has 0 fully saturated rings. The Bertz CT molecular complexity index is 437. The molecule has 0 radical (unpaired) electrons. The minimum absolute atomic E-state index is 0.00348. The van der Waals surface area contributed by atoms with Gasteiger partial charge in [-0.3, -0.25) is 4.79 Å². The SMILES string of the molecule is Cc1cc(C(=O)CCCN=[N+]=[N-])ccc1O. The largest absolute Gasteiger partial charge is 0.508 e. The average molecular weight is 219 g/mol. The molecular formula is C11H13N3O2. The predicted molar refractivity (Wildman–Crippen MR) is 60.4 cm³/mol. The molecule has 0 unspecified atom stereocenters. The summed E-state index contributed by atoms with van der Waals surface area (Å²) in [5.74, 6) is 0.182. The van der Waals surface area contributed by atoms with Crippen molar-refractivity contribution in [2.24, 2.45) is 5.11 Å². The molecule has 0 spiro atoms. The second-order valence-corrected chi connectivity index (χ2v) is 3.48. The van der Waals surface area contributed by atoms with E-state index < -0.39 is 0 Å². The number of carbonyl (C=O) groups excluding carboxylic acids is 1. The van der Waals surface area contributed by atoms with Gasteiger partial charge in [0.2, 0.25) is 0 Å². The Balaban J connectivity index is 2.59. The van der Waals surface area contributed by atoms with Crippen molar-refractivity contribution in [3.8, 4) is 5.75 Å². The van der Waals surface area contributed by atoms with Crippen LogP contribution < -0.4 is 0 Å². The number of rotatable bonds is 5. The number of aromatic hydroxyl groups is 1. The molecule has 0 aliphatic heterocycles. The van der Waals surface area contributed by atoms with Crippen molar-refractivity contribution < 1.29 is 9.90 Å². The number of phenolic OH excluding ortho intramolecular Hbond substituents is 1. The van der Waals surface area contributed by atoms with Crippen LogP contribution in [-0.2, 0) is 0 Å². The van der Waals surface area contributed by atoms with E-state index >= 15 is 0 Å². The fourth-order valence-electron chi connectivity index (χ4n) is 1.33. The first-order valence-electron chi connectivity index (χ1n) is 4.99. The highest BCUT2D eigenvalue weighted by Gasteiger charge is 2.06. The zero-order valence-electron chi connectivity index (χ0n) is 9.05. The third-order valence-corrected chi connectivity index (χ3v) is 2.24. The van der Waals surface area contributed by atoms with Gasteiger partial charge in [-0.1, -0.05) is 5.11 Å². The van der Waals surface area contributed by atoms with Gasteiger partial charge in [-0.25, -0.2) is 0 Å². The number of phenols is 1. The zero-order valence-corrected chi connectivity index (χ0v) is 9.05. The molecule has 84 valence electrons. The van der Waals surface area contributed by atoms with Gasteiger partial charge in [0.05, 0.1) is 0 Å².